The summed E-state index contributed by atoms with van der Waals surface area (Å²) >= 11 is 0. The molecule has 1 aliphatic rings. The Kier molecular flexibility index (Phi) is 4.91. The Hall–Kier alpha value is -1.42. The van der Waals surface area contributed by atoms with Gasteiger partial charge < -0.3 is 10.6 Å². The highest BCUT2D eigenvalue weighted by atomic mass is 16.1. The van der Waals surface area contributed by atoms with E-state index in [0.29, 0.717) is 11.5 Å². The predicted molar refractivity (Wildman–Crippen MR) is 76.3 cm³/mol. The van der Waals surface area contributed by atoms with Crippen molar-refractivity contribution in [3.05, 3.63) is 29.1 Å². The molecule has 1 atom stereocenters. The number of hydrogen-bond donors (Lipinski definition) is 2. The van der Waals surface area contributed by atoms with Crippen molar-refractivity contribution in [2.75, 3.05) is 19.6 Å². The van der Waals surface area contributed by atoms with Gasteiger partial charge in [0.1, 0.15) is 0 Å². The molecule has 19 heavy (non-hydrogen) atoms. The van der Waals surface area contributed by atoms with Crippen LogP contribution >= 0.6 is 0 Å². The maximum atomic E-state index is 12.1. The Labute approximate surface area is 115 Å². The summed E-state index contributed by atoms with van der Waals surface area (Å²) in [6.45, 7) is 6.79. The number of aromatic nitrogens is 1. The van der Waals surface area contributed by atoms with Crippen LogP contribution in [0.3, 0.4) is 0 Å². The van der Waals surface area contributed by atoms with Crippen molar-refractivity contribution < 1.29 is 4.79 Å². The molecule has 0 bridgehead atoms. The molecule has 1 aromatic rings. The largest absolute Gasteiger partial charge is 0.352 e. The molecule has 104 valence electrons. The van der Waals surface area contributed by atoms with E-state index in [1.165, 1.54) is 12.8 Å². The van der Waals surface area contributed by atoms with Gasteiger partial charge in [-0.15, -0.1) is 0 Å². The van der Waals surface area contributed by atoms with Crippen LogP contribution in [0.1, 0.15) is 41.0 Å². The zero-order valence-corrected chi connectivity index (χ0v) is 11.8. The van der Waals surface area contributed by atoms with Crippen molar-refractivity contribution in [1.82, 2.24) is 15.6 Å². The first-order valence-corrected chi connectivity index (χ1v) is 7.10. The topological polar surface area (TPSA) is 54.0 Å². The lowest BCUT2D eigenvalue weighted by Crippen LogP contribution is -2.33. The van der Waals surface area contributed by atoms with Gasteiger partial charge in [0.25, 0.3) is 5.91 Å². The highest BCUT2D eigenvalue weighted by Gasteiger charge is 2.14. The molecule has 2 N–H and O–H groups in total. The third-order valence-corrected chi connectivity index (χ3v) is 3.71. The average molecular weight is 261 g/mol. The molecular formula is C15H23N3O. The van der Waals surface area contributed by atoms with E-state index in [1.807, 2.05) is 26.0 Å². The van der Waals surface area contributed by atoms with Crippen LogP contribution in [0.25, 0.3) is 0 Å². The van der Waals surface area contributed by atoms with E-state index < -0.39 is 0 Å². The number of hydrogen-bond acceptors (Lipinski definition) is 3. The second-order valence-electron chi connectivity index (χ2n) is 5.34. The van der Waals surface area contributed by atoms with Gasteiger partial charge in [-0.2, -0.15) is 0 Å². The number of nitrogens with one attached hydrogen (secondary N) is 2. The van der Waals surface area contributed by atoms with Gasteiger partial charge >= 0.3 is 0 Å². The standard InChI is InChI=1S/C15H23N3O/c1-11-5-6-14(12(2)18-11)15(19)17-9-7-13-4-3-8-16-10-13/h5-6,13,16H,3-4,7-10H2,1-2H3,(H,17,19). The lowest BCUT2D eigenvalue weighted by atomic mass is 9.96. The first-order chi connectivity index (χ1) is 9.16. The molecule has 4 heteroatoms. The van der Waals surface area contributed by atoms with Gasteiger partial charge in [-0.3, -0.25) is 9.78 Å². The van der Waals surface area contributed by atoms with Gasteiger partial charge in [-0.05, 0) is 64.3 Å². The zero-order chi connectivity index (χ0) is 13.7. The smallest absolute Gasteiger partial charge is 0.253 e. The minimum absolute atomic E-state index is 0.00577. The Morgan fingerprint density at radius 2 is 2.32 bits per heavy atom. The van der Waals surface area contributed by atoms with Gasteiger partial charge in [0.05, 0.1) is 11.3 Å². The lowest BCUT2D eigenvalue weighted by molar-refractivity contribution is 0.0949. The predicted octanol–water partition coefficient (Wildman–Crippen LogP) is 1.82. The van der Waals surface area contributed by atoms with E-state index in [9.17, 15) is 4.79 Å². The zero-order valence-electron chi connectivity index (χ0n) is 11.8. The van der Waals surface area contributed by atoms with Gasteiger partial charge in [-0.25, -0.2) is 0 Å². The normalized spacial score (nSPS) is 19.2. The summed E-state index contributed by atoms with van der Waals surface area (Å²) in [7, 11) is 0. The summed E-state index contributed by atoms with van der Waals surface area (Å²) in [4.78, 5) is 16.4. The molecular weight excluding hydrogens is 238 g/mol. The second kappa shape index (κ2) is 6.66. The van der Waals surface area contributed by atoms with Gasteiger partial charge in [0, 0.05) is 12.2 Å². The first-order valence-electron chi connectivity index (χ1n) is 7.10. The fourth-order valence-corrected chi connectivity index (χ4v) is 2.58. The Morgan fingerprint density at radius 3 is 3.00 bits per heavy atom. The molecule has 2 rings (SSSR count). The number of aryl methyl sites for hydroxylation is 2. The van der Waals surface area contributed by atoms with Crippen LogP contribution in [-0.4, -0.2) is 30.5 Å². The number of nitrogens with zero attached hydrogens (tertiary/aromatic N) is 1. The van der Waals surface area contributed by atoms with Crippen LogP contribution in [0, 0.1) is 19.8 Å². The van der Waals surface area contributed by atoms with Crippen LogP contribution < -0.4 is 10.6 Å². The fraction of sp³-hybridized carbons (Fsp3) is 0.600. The van der Waals surface area contributed by atoms with E-state index in [2.05, 4.69) is 15.6 Å². The van der Waals surface area contributed by atoms with Crippen molar-refractivity contribution in [1.29, 1.82) is 0 Å². The summed E-state index contributed by atoms with van der Waals surface area (Å²) in [6.07, 6.45) is 3.57. The van der Waals surface area contributed by atoms with Crippen LogP contribution in [-0.2, 0) is 0 Å². The Balaban J connectivity index is 1.80. The van der Waals surface area contributed by atoms with E-state index in [4.69, 9.17) is 0 Å². The molecule has 1 aromatic heterocycles. The third kappa shape index (κ3) is 4.03. The minimum atomic E-state index is -0.00577. The van der Waals surface area contributed by atoms with Crippen LogP contribution in [0.2, 0.25) is 0 Å². The van der Waals surface area contributed by atoms with Gasteiger partial charge in [-0.1, -0.05) is 0 Å². The number of carbonyl (C=O) groups excluding carboxylic acids is 1. The van der Waals surface area contributed by atoms with Crippen molar-refractivity contribution in [3.63, 3.8) is 0 Å². The highest BCUT2D eigenvalue weighted by Crippen LogP contribution is 2.13. The molecule has 1 fully saturated rings. The SMILES string of the molecule is Cc1ccc(C(=O)NCCC2CCCNC2)c(C)n1. The van der Waals surface area contributed by atoms with Crippen molar-refractivity contribution in [2.45, 2.75) is 33.1 Å². The van der Waals surface area contributed by atoms with Crippen LogP contribution in [0.4, 0.5) is 0 Å². The quantitative estimate of drug-likeness (QED) is 0.869. The Bertz CT molecular complexity index is 439. The monoisotopic (exact) mass is 261 g/mol. The molecule has 1 saturated heterocycles. The van der Waals surface area contributed by atoms with Crippen molar-refractivity contribution in [2.24, 2.45) is 5.92 Å². The number of pyridine rings is 1. The van der Waals surface area contributed by atoms with Gasteiger partial charge in [0.15, 0.2) is 0 Å². The fourth-order valence-electron chi connectivity index (χ4n) is 2.58. The van der Waals surface area contributed by atoms with Crippen molar-refractivity contribution in [3.8, 4) is 0 Å². The lowest BCUT2D eigenvalue weighted by Gasteiger charge is -2.22. The molecule has 1 unspecified atom stereocenters. The van der Waals surface area contributed by atoms with Crippen LogP contribution in [0.15, 0.2) is 12.1 Å². The summed E-state index contributed by atoms with van der Waals surface area (Å²) in [6, 6.07) is 3.74. The molecule has 1 amide bonds. The molecule has 0 saturated carbocycles. The summed E-state index contributed by atoms with van der Waals surface area (Å²) in [5.74, 6) is 0.694. The Morgan fingerprint density at radius 1 is 1.47 bits per heavy atom. The third-order valence-electron chi connectivity index (χ3n) is 3.71. The van der Waals surface area contributed by atoms with E-state index in [0.717, 1.165) is 37.4 Å². The van der Waals surface area contributed by atoms with Crippen LogP contribution in [0.5, 0.6) is 0 Å². The van der Waals surface area contributed by atoms with Gasteiger partial charge in [0.2, 0.25) is 0 Å². The molecule has 4 nitrogen and oxygen atoms in total. The van der Waals surface area contributed by atoms with E-state index in [-0.39, 0.29) is 5.91 Å². The number of carbonyl (C=O) groups is 1. The molecule has 0 aromatic carbocycles. The summed E-state index contributed by atoms with van der Waals surface area (Å²) in [5.41, 5.74) is 2.44. The minimum Gasteiger partial charge on any atom is -0.352 e. The number of piperidine rings is 1. The van der Waals surface area contributed by atoms with E-state index >= 15 is 0 Å². The van der Waals surface area contributed by atoms with Crippen molar-refractivity contribution >= 4 is 5.91 Å². The first kappa shape index (κ1) is 14.0. The maximum Gasteiger partial charge on any atom is 0.253 e. The molecule has 2 heterocycles. The molecule has 1 aliphatic heterocycles. The highest BCUT2D eigenvalue weighted by molar-refractivity contribution is 5.95. The molecule has 0 aliphatic carbocycles. The average Bonchev–Trinajstić information content (AvgIpc) is 2.39. The molecule has 0 spiro atoms. The number of amides is 1. The summed E-state index contributed by atoms with van der Waals surface area (Å²) < 4.78 is 0. The summed E-state index contributed by atoms with van der Waals surface area (Å²) in [5, 5.41) is 6.40. The van der Waals surface area contributed by atoms with E-state index in [1.54, 1.807) is 0 Å². The second-order valence-corrected chi connectivity index (χ2v) is 5.34. The number of rotatable bonds is 4. The maximum absolute atomic E-state index is 12.1. The molecule has 0 radical (unpaired) electrons.